The van der Waals surface area contributed by atoms with E-state index in [-0.39, 0.29) is 12.5 Å². The van der Waals surface area contributed by atoms with Crippen LogP contribution < -0.4 is 5.32 Å². The molecular weight excluding hydrogens is 272 g/mol. The van der Waals surface area contributed by atoms with E-state index in [4.69, 9.17) is 5.11 Å². The van der Waals surface area contributed by atoms with Crippen molar-refractivity contribution in [2.75, 3.05) is 6.54 Å². The van der Waals surface area contributed by atoms with Gasteiger partial charge < -0.3 is 15.0 Å². The Morgan fingerprint density at radius 3 is 2.95 bits per heavy atom. The van der Waals surface area contributed by atoms with Gasteiger partial charge >= 0.3 is 5.97 Å². The van der Waals surface area contributed by atoms with E-state index in [2.05, 4.69) is 15.5 Å². The van der Waals surface area contributed by atoms with Crippen molar-refractivity contribution in [2.24, 2.45) is 0 Å². The number of hydrogen-bond donors (Lipinski definition) is 3. The van der Waals surface area contributed by atoms with E-state index in [9.17, 15) is 9.59 Å². The topological polar surface area (TPSA) is 100 Å². The van der Waals surface area contributed by atoms with Crippen LogP contribution in [0.15, 0.2) is 24.5 Å². The number of carbonyl (C=O) groups is 2. The quantitative estimate of drug-likeness (QED) is 0.661. The average Bonchev–Trinajstić information content (AvgIpc) is 3.03. The predicted octanol–water partition coefficient (Wildman–Crippen LogP) is 0.967. The number of nitrogens with one attached hydrogen (secondary N) is 2. The number of nitrogens with zero attached hydrogens (tertiary/aromatic N) is 2. The first kappa shape index (κ1) is 14.8. The van der Waals surface area contributed by atoms with Crippen LogP contribution in [-0.2, 0) is 17.8 Å². The molecule has 0 atom stereocenters. The Balaban J connectivity index is 1.81. The van der Waals surface area contributed by atoms with Gasteiger partial charge in [-0.25, -0.2) is 0 Å². The van der Waals surface area contributed by atoms with Gasteiger partial charge in [-0.1, -0.05) is 0 Å². The highest BCUT2D eigenvalue weighted by atomic mass is 16.4. The third-order valence-corrected chi connectivity index (χ3v) is 3.21. The maximum absolute atomic E-state index is 12.0. The minimum absolute atomic E-state index is 0.218. The second-order valence-electron chi connectivity index (χ2n) is 4.79. The number of H-pyrrole nitrogens is 1. The Hall–Kier alpha value is -2.57. The summed E-state index contributed by atoms with van der Waals surface area (Å²) >= 11 is 0. The van der Waals surface area contributed by atoms with Gasteiger partial charge in [0.2, 0.25) is 0 Å². The maximum Gasteiger partial charge on any atom is 0.323 e. The largest absolute Gasteiger partial charge is 0.480 e. The van der Waals surface area contributed by atoms with Gasteiger partial charge in [0.05, 0.1) is 6.20 Å². The Morgan fingerprint density at radius 2 is 2.29 bits per heavy atom. The van der Waals surface area contributed by atoms with Crippen molar-refractivity contribution < 1.29 is 14.7 Å². The number of carboxylic acid groups (broad SMARTS) is 1. The summed E-state index contributed by atoms with van der Waals surface area (Å²) in [5.41, 5.74) is 2.53. The molecule has 7 heteroatoms. The summed E-state index contributed by atoms with van der Waals surface area (Å²) in [5.74, 6) is -1.24. The summed E-state index contributed by atoms with van der Waals surface area (Å²) in [6.07, 6.45) is 5.00. The highest BCUT2D eigenvalue weighted by molar-refractivity contribution is 5.93. The molecule has 112 valence electrons. The van der Waals surface area contributed by atoms with Crippen molar-refractivity contribution in [3.05, 3.63) is 41.5 Å². The third-order valence-electron chi connectivity index (χ3n) is 3.21. The van der Waals surface area contributed by atoms with E-state index in [1.165, 1.54) is 4.57 Å². The number of aliphatic carboxylic acids is 1. The van der Waals surface area contributed by atoms with Crippen LogP contribution in [0.2, 0.25) is 0 Å². The zero-order valence-corrected chi connectivity index (χ0v) is 11.8. The van der Waals surface area contributed by atoms with Gasteiger partial charge in [-0.15, -0.1) is 0 Å². The monoisotopic (exact) mass is 290 g/mol. The molecule has 2 aromatic rings. The summed E-state index contributed by atoms with van der Waals surface area (Å²) in [4.78, 5) is 22.7. The van der Waals surface area contributed by atoms with Gasteiger partial charge in [0.1, 0.15) is 12.2 Å². The lowest BCUT2D eigenvalue weighted by Gasteiger charge is -2.07. The number of aromatic nitrogens is 3. The van der Waals surface area contributed by atoms with Crippen LogP contribution in [0.25, 0.3) is 0 Å². The molecule has 0 bridgehead atoms. The van der Waals surface area contributed by atoms with E-state index in [0.29, 0.717) is 12.2 Å². The van der Waals surface area contributed by atoms with E-state index < -0.39 is 5.97 Å². The fourth-order valence-corrected chi connectivity index (χ4v) is 2.10. The molecule has 0 aliphatic rings. The van der Waals surface area contributed by atoms with Gasteiger partial charge in [0.25, 0.3) is 5.91 Å². The molecule has 0 aliphatic carbocycles. The van der Waals surface area contributed by atoms with Crippen molar-refractivity contribution in [3.8, 4) is 0 Å². The second-order valence-corrected chi connectivity index (χ2v) is 4.79. The molecule has 0 saturated heterocycles. The van der Waals surface area contributed by atoms with Crippen molar-refractivity contribution in [3.63, 3.8) is 0 Å². The highest BCUT2D eigenvalue weighted by Gasteiger charge is 2.12. The van der Waals surface area contributed by atoms with Crippen LogP contribution >= 0.6 is 0 Å². The number of aryl methyl sites for hydroxylation is 2. The van der Waals surface area contributed by atoms with E-state index in [1.807, 2.05) is 6.92 Å². The average molecular weight is 290 g/mol. The number of rotatable bonds is 7. The molecule has 3 N–H and O–H groups in total. The maximum atomic E-state index is 12.0. The van der Waals surface area contributed by atoms with Crippen molar-refractivity contribution in [1.82, 2.24) is 20.1 Å². The Kier molecular flexibility index (Phi) is 4.76. The van der Waals surface area contributed by atoms with Crippen LogP contribution in [-0.4, -0.2) is 38.3 Å². The molecule has 0 fully saturated rings. The number of carboxylic acids is 1. The third kappa shape index (κ3) is 3.95. The zero-order valence-electron chi connectivity index (χ0n) is 11.8. The molecule has 0 aromatic carbocycles. The fourth-order valence-electron chi connectivity index (χ4n) is 2.10. The lowest BCUT2D eigenvalue weighted by Crippen LogP contribution is -2.27. The Morgan fingerprint density at radius 1 is 1.48 bits per heavy atom. The molecule has 2 rings (SSSR count). The summed E-state index contributed by atoms with van der Waals surface area (Å²) in [6.45, 7) is 2.27. The molecule has 0 aliphatic heterocycles. The van der Waals surface area contributed by atoms with Gasteiger partial charge in [-0.2, -0.15) is 5.10 Å². The minimum atomic E-state index is -0.976. The first-order valence-electron chi connectivity index (χ1n) is 6.72. The fraction of sp³-hybridized carbons (Fsp3) is 0.357. The van der Waals surface area contributed by atoms with Gasteiger partial charge in [-0.3, -0.25) is 14.7 Å². The molecule has 0 spiro atoms. The van der Waals surface area contributed by atoms with Crippen LogP contribution in [0, 0.1) is 6.92 Å². The van der Waals surface area contributed by atoms with Crippen LogP contribution in [0.1, 0.15) is 28.2 Å². The van der Waals surface area contributed by atoms with Crippen molar-refractivity contribution in [1.29, 1.82) is 0 Å². The van der Waals surface area contributed by atoms with Crippen LogP contribution in [0.5, 0.6) is 0 Å². The smallest absolute Gasteiger partial charge is 0.323 e. The lowest BCUT2D eigenvalue weighted by molar-refractivity contribution is -0.137. The van der Waals surface area contributed by atoms with Crippen molar-refractivity contribution in [2.45, 2.75) is 26.3 Å². The van der Waals surface area contributed by atoms with Gasteiger partial charge in [0, 0.05) is 18.4 Å². The number of carbonyl (C=O) groups excluding carboxylic acids is 1. The van der Waals surface area contributed by atoms with Gasteiger partial charge in [-0.05, 0) is 37.5 Å². The molecule has 0 saturated carbocycles. The molecule has 21 heavy (non-hydrogen) atoms. The number of amides is 1. The summed E-state index contributed by atoms with van der Waals surface area (Å²) in [7, 11) is 0. The first-order valence-corrected chi connectivity index (χ1v) is 6.72. The zero-order chi connectivity index (χ0) is 15.2. The van der Waals surface area contributed by atoms with E-state index >= 15 is 0 Å². The van der Waals surface area contributed by atoms with Crippen molar-refractivity contribution >= 4 is 11.9 Å². The SMILES string of the molecule is Cc1[nH]ncc1CCCNC(=O)c1cccn1CC(=O)O. The van der Waals surface area contributed by atoms with Gasteiger partial charge in [0.15, 0.2) is 0 Å². The molecule has 0 unspecified atom stereocenters. The molecule has 2 aromatic heterocycles. The normalized spacial score (nSPS) is 10.5. The lowest BCUT2D eigenvalue weighted by atomic mass is 10.1. The summed E-state index contributed by atoms with van der Waals surface area (Å²) in [5, 5.41) is 18.4. The van der Waals surface area contributed by atoms with Crippen LogP contribution in [0.3, 0.4) is 0 Å². The molecule has 1 amide bonds. The summed E-state index contributed by atoms with van der Waals surface area (Å²) in [6, 6.07) is 3.27. The molecule has 2 heterocycles. The summed E-state index contributed by atoms with van der Waals surface area (Å²) < 4.78 is 1.41. The van der Waals surface area contributed by atoms with E-state index in [0.717, 1.165) is 24.1 Å². The first-order chi connectivity index (χ1) is 10.1. The Labute approximate surface area is 122 Å². The minimum Gasteiger partial charge on any atom is -0.480 e. The Bertz CT molecular complexity index is 630. The standard InChI is InChI=1S/C14H18N4O3/c1-10-11(8-16-17-10)4-2-6-15-14(21)12-5-3-7-18(12)9-13(19)20/h3,5,7-8H,2,4,6,9H2,1H3,(H,15,21)(H,16,17)(H,19,20). The van der Waals surface area contributed by atoms with E-state index in [1.54, 1.807) is 24.5 Å². The predicted molar refractivity (Wildman–Crippen MR) is 76.0 cm³/mol. The molecule has 0 radical (unpaired) electrons. The second kappa shape index (κ2) is 6.74. The number of aromatic amines is 1. The van der Waals surface area contributed by atoms with Crippen LogP contribution in [0.4, 0.5) is 0 Å². The highest BCUT2D eigenvalue weighted by Crippen LogP contribution is 2.06. The number of hydrogen-bond acceptors (Lipinski definition) is 3. The molecule has 7 nitrogen and oxygen atoms in total. The molecular formula is C14H18N4O3.